The van der Waals surface area contributed by atoms with Crippen molar-refractivity contribution in [2.24, 2.45) is 0 Å². The molecular weight excluding hydrogens is 461 g/mol. The molecule has 1 aliphatic heterocycles. The third kappa shape index (κ3) is 4.26. The lowest BCUT2D eigenvalue weighted by molar-refractivity contribution is -0.113. The highest BCUT2D eigenvalue weighted by Crippen LogP contribution is 2.37. The molecule has 0 saturated carbocycles. The van der Waals surface area contributed by atoms with E-state index in [9.17, 15) is 9.18 Å². The lowest BCUT2D eigenvalue weighted by atomic mass is 9.95. The summed E-state index contributed by atoms with van der Waals surface area (Å²) in [6, 6.07) is 19.9. The fourth-order valence-corrected chi connectivity index (χ4v) is 4.22. The first-order valence-corrected chi connectivity index (χ1v) is 11.3. The van der Waals surface area contributed by atoms with Crippen LogP contribution in [0.15, 0.2) is 84.1 Å². The molecule has 0 radical (unpaired) electrons. The number of hydrogen-bond donors (Lipinski definition) is 2. The summed E-state index contributed by atoms with van der Waals surface area (Å²) < 4.78 is 26.2. The number of ether oxygens (including phenoxy) is 2. The molecule has 1 amide bonds. The third-order valence-corrected chi connectivity index (χ3v) is 5.97. The molecule has 36 heavy (non-hydrogen) atoms. The molecule has 8 nitrogen and oxygen atoms in total. The summed E-state index contributed by atoms with van der Waals surface area (Å²) in [4.78, 5) is 18.3. The van der Waals surface area contributed by atoms with Crippen LogP contribution >= 0.6 is 0 Å². The van der Waals surface area contributed by atoms with Crippen LogP contribution in [0.25, 0.3) is 11.4 Å². The van der Waals surface area contributed by atoms with Crippen LogP contribution in [-0.2, 0) is 4.79 Å². The molecule has 4 aromatic rings. The maximum absolute atomic E-state index is 13.8. The summed E-state index contributed by atoms with van der Waals surface area (Å²) in [5.41, 5.74) is 3.00. The van der Waals surface area contributed by atoms with Crippen molar-refractivity contribution < 1.29 is 18.7 Å². The van der Waals surface area contributed by atoms with Crippen molar-refractivity contribution in [1.29, 1.82) is 0 Å². The van der Waals surface area contributed by atoms with Crippen molar-refractivity contribution in [2.45, 2.75) is 13.0 Å². The Labute approximate surface area is 207 Å². The van der Waals surface area contributed by atoms with Crippen LogP contribution in [0.2, 0.25) is 0 Å². The number of nitrogens with zero attached hydrogens (tertiary/aromatic N) is 3. The van der Waals surface area contributed by atoms with Gasteiger partial charge in [0.15, 0.2) is 5.82 Å². The predicted octanol–water partition coefficient (Wildman–Crippen LogP) is 5.03. The summed E-state index contributed by atoms with van der Waals surface area (Å²) in [6.45, 7) is 1.80. The summed E-state index contributed by atoms with van der Waals surface area (Å²) >= 11 is 0. The van der Waals surface area contributed by atoms with Crippen molar-refractivity contribution in [3.63, 3.8) is 0 Å². The van der Waals surface area contributed by atoms with Crippen LogP contribution < -0.4 is 20.1 Å². The van der Waals surface area contributed by atoms with E-state index < -0.39 is 6.04 Å². The number of carbonyl (C=O) groups excluding carboxylic acids is 1. The number of allylic oxidation sites excluding steroid dienone is 1. The molecule has 1 atom stereocenters. The van der Waals surface area contributed by atoms with Gasteiger partial charge in [-0.1, -0.05) is 36.4 Å². The van der Waals surface area contributed by atoms with Crippen LogP contribution in [0.5, 0.6) is 11.5 Å². The summed E-state index contributed by atoms with van der Waals surface area (Å²) in [5, 5.41) is 10.9. The van der Waals surface area contributed by atoms with E-state index in [1.807, 2.05) is 36.4 Å². The molecule has 2 N–H and O–H groups in total. The normalized spacial score (nSPS) is 14.6. The van der Waals surface area contributed by atoms with Gasteiger partial charge in [0.1, 0.15) is 23.4 Å². The van der Waals surface area contributed by atoms with Gasteiger partial charge in [-0.25, -0.2) is 9.07 Å². The van der Waals surface area contributed by atoms with Gasteiger partial charge in [0.05, 0.1) is 25.5 Å². The average Bonchev–Trinajstić information content (AvgIpc) is 3.32. The number of carbonyl (C=O) groups is 1. The van der Waals surface area contributed by atoms with Gasteiger partial charge in [0.25, 0.3) is 5.91 Å². The Morgan fingerprint density at radius 3 is 2.56 bits per heavy atom. The first-order chi connectivity index (χ1) is 17.5. The van der Waals surface area contributed by atoms with E-state index in [2.05, 4.69) is 15.6 Å². The fraction of sp³-hybridized carbons (Fsp3) is 0.148. The highest BCUT2D eigenvalue weighted by Gasteiger charge is 2.34. The number of fused-ring (bicyclic) bond motifs is 1. The van der Waals surface area contributed by atoms with Crippen molar-refractivity contribution in [1.82, 2.24) is 14.8 Å². The van der Waals surface area contributed by atoms with Crippen molar-refractivity contribution in [3.8, 4) is 22.9 Å². The molecule has 0 saturated heterocycles. The zero-order valence-corrected chi connectivity index (χ0v) is 19.9. The first-order valence-electron chi connectivity index (χ1n) is 11.3. The number of amides is 1. The molecule has 0 spiro atoms. The highest BCUT2D eigenvalue weighted by atomic mass is 19.1. The van der Waals surface area contributed by atoms with E-state index in [-0.39, 0.29) is 11.7 Å². The van der Waals surface area contributed by atoms with E-state index in [1.165, 1.54) is 12.1 Å². The van der Waals surface area contributed by atoms with Gasteiger partial charge in [-0.15, -0.1) is 5.10 Å². The second-order valence-electron chi connectivity index (χ2n) is 8.21. The molecule has 3 aromatic carbocycles. The number of rotatable bonds is 6. The van der Waals surface area contributed by atoms with Crippen molar-refractivity contribution in [3.05, 3.63) is 95.4 Å². The Kier molecular flexibility index (Phi) is 6.12. The molecule has 5 rings (SSSR count). The van der Waals surface area contributed by atoms with E-state index in [1.54, 1.807) is 50.1 Å². The molecule has 1 aromatic heterocycles. The molecule has 2 heterocycles. The topological polar surface area (TPSA) is 90.3 Å². The molecule has 0 fully saturated rings. The fourth-order valence-electron chi connectivity index (χ4n) is 4.22. The summed E-state index contributed by atoms with van der Waals surface area (Å²) in [7, 11) is 3.14. The highest BCUT2D eigenvalue weighted by molar-refractivity contribution is 6.06. The minimum Gasteiger partial charge on any atom is -0.497 e. The monoisotopic (exact) mass is 485 g/mol. The molecule has 1 aliphatic rings. The van der Waals surface area contributed by atoms with E-state index in [0.29, 0.717) is 45.8 Å². The van der Waals surface area contributed by atoms with Crippen LogP contribution in [0.1, 0.15) is 18.5 Å². The third-order valence-electron chi connectivity index (χ3n) is 5.97. The quantitative estimate of drug-likeness (QED) is 0.398. The molecule has 0 bridgehead atoms. The Balaban J connectivity index is 1.59. The largest absolute Gasteiger partial charge is 0.497 e. The summed E-state index contributed by atoms with van der Waals surface area (Å²) in [6.07, 6.45) is 0. The molecule has 0 aliphatic carbocycles. The van der Waals surface area contributed by atoms with E-state index >= 15 is 0 Å². The second-order valence-corrected chi connectivity index (χ2v) is 8.21. The molecule has 9 heteroatoms. The van der Waals surface area contributed by atoms with Gasteiger partial charge in [-0.3, -0.25) is 4.79 Å². The SMILES string of the molecule is COc1cccc(-c2nc3n(n2)C(c2ccc(F)cc2)C(C(=O)Nc2ccccc2OC)=C(C)N3)c1. The molecular formula is C27H24FN5O3. The number of hydrogen-bond acceptors (Lipinski definition) is 6. The summed E-state index contributed by atoms with van der Waals surface area (Å²) in [5.74, 6) is 1.42. The van der Waals surface area contributed by atoms with Crippen LogP contribution in [0.4, 0.5) is 16.0 Å². The predicted molar refractivity (Wildman–Crippen MR) is 134 cm³/mol. The maximum atomic E-state index is 13.8. The van der Waals surface area contributed by atoms with Crippen molar-refractivity contribution >= 4 is 17.5 Å². The minimum atomic E-state index is -0.650. The van der Waals surface area contributed by atoms with E-state index in [0.717, 1.165) is 5.56 Å². The molecule has 182 valence electrons. The van der Waals surface area contributed by atoms with Gasteiger partial charge >= 0.3 is 0 Å². The van der Waals surface area contributed by atoms with Crippen molar-refractivity contribution in [2.75, 3.05) is 24.9 Å². The lowest BCUT2D eigenvalue weighted by Gasteiger charge is -2.28. The number of para-hydroxylation sites is 2. The van der Waals surface area contributed by atoms with Gasteiger partial charge in [0.2, 0.25) is 5.95 Å². The zero-order chi connectivity index (χ0) is 25.2. The van der Waals surface area contributed by atoms with Crippen LogP contribution in [0.3, 0.4) is 0 Å². The average molecular weight is 486 g/mol. The van der Waals surface area contributed by atoms with Crippen LogP contribution in [-0.4, -0.2) is 34.9 Å². The zero-order valence-electron chi connectivity index (χ0n) is 19.9. The lowest BCUT2D eigenvalue weighted by Crippen LogP contribution is -2.31. The van der Waals surface area contributed by atoms with E-state index in [4.69, 9.17) is 14.6 Å². The van der Waals surface area contributed by atoms with Gasteiger partial charge in [-0.2, -0.15) is 4.98 Å². The van der Waals surface area contributed by atoms with Gasteiger partial charge < -0.3 is 20.1 Å². The number of aromatic nitrogens is 3. The smallest absolute Gasteiger partial charge is 0.255 e. The Bertz CT molecular complexity index is 1460. The van der Waals surface area contributed by atoms with Gasteiger partial charge in [0, 0.05) is 11.3 Å². The number of benzene rings is 3. The Morgan fingerprint density at radius 2 is 1.81 bits per heavy atom. The standard InChI is InChI=1S/C27H24FN5O3/c1-16-23(26(34)30-21-9-4-5-10-22(21)36-3)24(17-11-13-19(28)14-12-17)33-27(29-16)31-25(32-33)18-7-6-8-20(15-18)35-2/h4-15,24H,1-3H3,(H,30,34)(H,29,31,32). The first kappa shape index (κ1) is 23.1. The van der Waals surface area contributed by atoms with Gasteiger partial charge in [-0.05, 0) is 48.9 Å². The number of halogens is 1. The number of methoxy groups -OCH3 is 2. The number of anilines is 2. The second kappa shape index (κ2) is 9.53. The molecule has 1 unspecified atom stereocenters. The Hall–Kier alpha value is -4.66. The Morgan fingerprint density at radius 1 is 1.03 bits per heavy atom. The maximum Gasteiger partial charge on any atom is 0.255 e. The van der Waals surface area contributed by atoms with Crippen LogP contribution in [0, 0.1) is 5.82 Å². The minimum absolute atomic E-state index is 0.345. The number of nitrogens with one attached hydrogen (secondary N) is 2.